The number of Topliss-reactive ketones (excluding diaryl/α,β-unsaturated/α-hetero) is 1. The molecule has 0 aliphatic carbocycles. The van der Waals surface area contributed by atoms with Crippen LogP contribution < -0.4 is 0 Å². The van der Waals surface area contributed by atoms with Crippen molar-refractivity contribution in [2.75, 3.05) is 27.4 Å². The Kier molecular flexibility index (Phi) is 17.8. The van der Waals surface area contributed by atoms with E-state index in [2.05, 4.69) is 161 Å². The van der Waals surface area contributed by atoms with E-state index in [-0.39, 0.29) is 63.5 Å². The van der Waals surface area contributed by atoms with E-state index in [9.17, 15) is 4.79 Å². The van der Waals surface area contributed by atoms with E-state index >= 15 is 4.79 Å². The van der Waals surface area contributed by atoms with Crippen LogP contribution in [0, 0.1) is 17.8 Å². The van der Waals surface area contributed by atoms with E-state index in [0.29, 0.717) is 0 Å². The summed E-state index contributed by atoms with van der Waals surface area (Å²) in [6.45, 7) is 50.8. The van der Waals surface area contributed by atoms with Gasteiger partial charge < -0.3 is 22.4 Å². The third-order valence-electron chi connectivity index (χ3n) is 14.3. The molecule has 1 saturated heterocycles. The van der Waals surface area contributed by atoms with Crippen LogP contribution in [-0.4, -0.2) is 101 Å². The second-order valence-electron chi connectivity index (χ2n) is 22.9. The summed E-state index contributed by atoms with van der Waals surface area (Å²) in [7, 11) is -6.72. The van der Waals surface area contributed by atoms with Crippen LogP contribution >= 0.6 is 0 Å². The van der Waals surface area contributed by atoms with Gasteiger partial charge in [0.05, 0.1) is 43.7 Å². The highest BCUT2D eigenvalue weighted by Gasteiger charge is 2.65. The number of carbonyl (C=O) groups is 2. The minimum Gasteiger partial charge on any atom is -0.416 e. The van der Waals surface area contributed by atoms with Crippen LogP contribution in [0.1, 0.15) is 110 Å². The van der Waals surface area contributed by atoms with Crippen molar-refractivity contribution >= 4 is 45.0 Å². The van der Waals surface area contributed by atoms with Crippen LogP contribution in [0.25, 0.3) is 0 Å². The predicted molar refractivity (Wildman–Crippen MR) is 244 cm³/mol. The molecule has 0 aromatic heterocycles. The molecule has 0 N–H and O–H groups in total. The molecular weight excluding hydrogens is 771 g/mol. The highest BCUT2D eigenvalue weighted by Crippen LogP contribution is 2.52. The van der Waals surface area contributed by atoms with Crippen molar-refractivity contribution in [1.82, 2.24) is 5.06 Å². The summed E-state index contributed by atoms with van der Waals surface area (Å²) in [5.41, 5.74) is -0.752. The van der Waals surface area contributed by atoms with Gasteiger partial charge in [0.1, 0.15) is 11.4 Å². The summed E-state index contributed by atoms with van der Waals surface area (Å²) in [5.74, 6) is -1.72. The lowest BCUT2D eigenvalue weighted by atomic mass is 9.79. The van der Waals surface area contributed by atoms with Crippen LogP contribution in [0.15, 0.2) is 12.2 Å². The molecule has 13 heteroatoms. The Labute approximate surface area is 349 Å². The third-order valence-corrected chi connectivity index (χ3v) is 32.3. The summed E-state index contributed by atoms with van der Waals surface area (Å²) >= 11 is 0. The minimum absolute atomic E-state index is 0.0353. The lowest BCUT2D eigenvalue weighted by molar-refractivity contribution is -0.171. The van der Waals surface area contributed by atoms with Crippen LogP contribution in [0.5, 0.6) is 0 Å². The molecule has 9 nitrogen and oxygen atoms in total. The molecular formula is C43H89NO8Si4. The normalized spacial score (nSPS) is 22.1. The molecule has 1 rings (SSSR count). The highest BCUT2D eigenvalue weighted by molar-refractivity contribution is 6.75. The van der Waals surface area contributed by atoms with E-state index in [1.165, 1.54) is 12.2 Å². The Bertz CT molecular complexity index is 1340. The fraction of sp³-hybridized carbons (Fsp3) is 0.907. The summed E-state index contributed by atoms with van der Waals surface area (Å²) in [6.07, 6.45) is 2.67. The molecule has 0 aromatic rings. The van der Waals surface area contributed by atoms with Crippen LogP contribution in [0.3, 0.4) is 0 Å². The predicted octanol–water partition coefficient (Wildman–Crippen LogP) is 11.4. The smallest absolute Gasteiger partial charge is 0.248 e. The van der Waals surface area contributed by atoms with Crippen molar-refractivity contribution in [2.45, 2.75) is 207 Å². The van der Waals surface area contributed by atoms with Gasteiger partial charge in [0, 0.05) is 26.2 Å². The van der Waals surface area contributed by atoms with E-state index < -0.39 is 62.9 Å². The first-order valence-electron chi connectivity index (χ1n) is 21.0. The molecule has 0 unspecified atom stereocenters. The van der Waals surface area contributed by atoms with Gasteiger partial charge in [-0.25, -0.2) is 5.06 Å². The molecule has 330 valence electrons. The van der Waals surface area contributed by atoms with Gasteiger partial charge in [-0.2, -0.15) is 0 Å². The number of allylic oxidation sites excluding steroid dienone is 1. The zero-order valence-corrected chi connectivity index (χ0v) is 45.0. The first-order chi connectivity index (χ1) is 24.7. The lowest BCUT2D eigenvalue weighted by Crippen LogP contribution is -2.57. The topological polar surface area (TPSA) is 96.1 Å². The number of hydrogen-bond donors (Lipinski definition) is 0. The molecule has 1 amide bonds. The first-order valence-corrected chi connectivity index (χ1v) is 32.7. The zero-order valence-electron chi connectivity index (χ0n) is 41.0. The van der Waals surface area contributed by atoms with E-state index in [1.807, 2.05) is 6.92 Å². The van der Waals surface area contributed by atoms with Crippen molar-refractivity contribution in [3.8, 4) is 0 Å². The second-order valence-corrected chi connectivity index (χ2v) is 42.0. The molecule has 1 aliphatic heterocycles. The maximum atomic E-state index is 16.1. The number of ketones is 1. The fourth-order valence-corrected chi connectivity index (χ4v) is 10.6. The Morgan fingerprint density at radius 1 is 0.714 bits per heavy atom. The van der Waals surface area contributed by atoms with Gasteiger partial charge in [-0.05, 0) is 86.4 Å². The number of hydrogen-bond acceptors (Lipinski definition) is 8. The van der Waals surface area contributed by atoms with Gasteiger partial charge in [-0.15, -0.1) is 0 Å². The summed E-state index contributed by atoms with van der Waals surface area (Å²) < 4.78 is 35.5. The zero-order chi connectivity index (χ0) is 44.5. The monoisotopic (exact) mass is 860 g/mol. The molecule has 0 aromatic carbocycles. The molecule has 56 heavy (non-hydrogen) atoms. The van der Waals surface area contributed by atoms with Gasteiger partial charge in [-0.1, -0.05) is 102 Å². The number of hydroxylamine groups is 2. The van der Waals surface area contributed by atoms with Gasteiger partial charge in [-0.3, -0.25) is 14.4 Å². The molecule has 0 radical (unpaired) electrons. The highest BCUT2D eigenvalue weighted by atomic mass is 28.4. The van der Waals surface area contributed by atoms with Crippen molar-refractivity contribution in [3.63, 3.8) is 0 Å². The summed E-state index contributed by atoms with van der Waals surface area (Å²) in [6, 6.07) is 0. The average molecular weight is 861 g/mol. The molecule has 1 heterocycles. The van der Waals surface area contributed by atoms with Crippen molar-refractivity contribution < 1.29 is 36.9 Å². The first kappa shape index (κ1) is 53.5. The molecule has 0 spiro atoms. The Morgan fingerprint density at radius 3 is 1.48 bits per heavy atom. The maximum absolute atomic E-state index is 16.1. The number of ether oxygens (including phenoxy) is 1. The summed E-state index contributed by atoms with van der Waals surface area (Å²) in [4.78, 5) is 35.4. The van der Waals surface area contributed by atoms with Gasteiger partial charge in [0.25, 0.3) is 0 Å². The number of nitrogens with zero attached hydrogens (tertiary/aromatic N) is 1. The van der Waals surface area contributed by atoms with Crippen LogP contribution in [0.4, 0.5) is 0 Å². The minimum atomic E-state index is -2.55. The Morgan fingerprint density at radius 2 is 1.11 bits per heavy atom. The second kappa shape index (κ2) is 18.6. The molecule has 0 saturated carbocycles. The van der Waals surface area contributed by atoms with E-state index in [0.717, 1.165) is 0 Å². The standard InChI is InChI=1S/C43H89NO8Si4/c1-26-27-31(2)37-43(15,50-37)38(52-56(24,25)42(12,13)14)33(30-49-54(20,21)40(6,7)8)36(46)32(29-48-53(18,19)39(3,4)5)34(28-35(45)44(16)47-17)51-55(22,23)41(9,10)11/h26-27,31-34,37-38H,28-30H2,1-25H3/b27-26-/t31-,32+,33-,34-,37+,38-,43-/m0/s1. The van der Waals surface area contributed by atoms with Crippen LogP contribution in [0.2, 0.25) is 72.5 Å². The number of carbonyl (C=O) groups excluding carboxylic acids is 2. The average Bonchev–Trinajstić information content (AvgIpc) is 3.70. The largest absolute Gasteiger partial charge is 0.416 e. The van der Waals surface area contributed by atoms with Crippen molar-refractivity contribution in [1.29, 1.82) is 0 Å². The number of amides is 1. The Hall–Kier alpha value is -0.492. The van der Waals surface area contributed by atoms with Crippen molar-refractivity contribution in [3.05, 3.63) is 12.2 Å². The molecule has 0 bridgehead atoms. The lowest BCUT2D eigenvalue weighted by Gasteiger charge is -2.46. The quantitative estimate of drug-likeness (QED) is 0.0517. The van der Waals surface area contributed by atoms with E-state index in [4.69, 9.17) is 27.3 Å². The maximum Gasteiger partial charge on any atom is 0.248 e. The summed E-state index contributed by atoms with van der Waals surface area (Å²) in [5, 5.41) is 0.721. The van der Waals surface area contributed by atoms with Crippen molar-refractivity contribution in [2.24, 2.45) is 17.8 Å². The number of epoxide rings is 1. The molecule has 1 fully saturated rings. The molecule has 7 atom stereocenters. The SMILES string of the molecule is C/C=C\[C@H](C)[C@H]1O[C@]1(C)[C@@H](O[Si](C)(C)C(C)(C)C)[C@@H](CO[Si](C)(C)C(C)(C)C)C(=O)[C@H](CO[Si](C)(C)C(C)(C)C)[C@H](CC(=O)N(C)OC)O[Si](C)(C)C(C)(C)C. The third kappa shape index (κ3) is 13.3. The van der Waals surface area contributed by atoms with Gasteiger partial charge in [0.15, 0.2) is 33.3 Å². The van der Waals surface area contributed by atoms with Crippen LogP contribution in [-0.2, 0) is 36.9 Å². The van der Waals surface area contributed by atoms with Gasteiger partial charge >= 0.3 is 0 Å². The fourth-order valence-electron chi connectivity index (χ4n) is 5.81. The molecule has 1 aliphatic rings. The number of rotatable bonds is 20. The Balaban J connectivity index is 4.32. The van der Waals surface area contributed by atoms with Gasteiger partial charge in [0.2, 0.25) is 5.91 Å². The van der Waals surface area contributed by atoms with E-state index in [1.54, 1.807) is 7.05 Å².